The van der Waals surface area contributed by atoms with E-state index in [1.165, 1.54) is 24.8 Å². The van der Waals surface area contributed by atoms with Crippen molar-refractivity contribution >= 4 is 0 Å². The van der Waals surface area contributed by atoms with Gasteiger partial charge in [-0.1, -0.05) is 53.2 Å². The minimum atomic E-state index is 0.479. The first-order valence-electron chi connectivity index (χ1n) is 5.60. The van der Waals surface area contributed by atoms with Gasteiger partial charge in [0, 0.05) is 0 Å². The predicted molar refractivity (Wildman–Crippen MR) is 61.9 cm³/mol. The Hall–Kier alpha value is -0.260. The SMILES string of the molecule is C=C(CC)CCC(C)(C)C(C)CC. The molecular weight excluding hydrogens is 156 g/mol. The molecule has 0 rings (SSSR count). The van der Waals surface area contributed by atoms with Crippen molar-refractivity contribution in [2.24, 2.45) is 11.3 Å². The highest BCUT2D eigenvalue weighted by atomic mass is 14.3. The second kappa shape index (κ2) is 5.47. The topological polar surface area (TPSA) is 0 Å². The third-order valence-electron chi connectivity index (χ3n) is 3.57. The quantitative estimate of drug-likeness (QED) is 0.517. The van der Waals surface area contributed by atoms with Gasteiger partial charge in [-0.3, -0.25) is 0 Å². The molecule has 0 nitrogen and oxygen atoms in total. The van der Waals surface area contributed by atoms with E-state index in [1.807, 2.05) is 0 Å². The van der Waals surface area contributed by atoms with Crippen molar-refractivity contribution in [1.82, 2.24) is 0 Å². The molecule has 0 aromatic heterocycles. The first-order valence-corrected chi connectivity index (χ1v) is 5.60. The van der Waals surface area contributed by atoms with E-state index in [0.717, 1.165) is 12.3 Å². The van der Waals surface area contributed by atoms with E-state index in [2.05, 4.69) is 41.2 Å². The molecule has 0 aliphatic carbocycles. The van der Waals surface area contributed by atoms with Crippen molar-refractivity contribution in [1.29, 1.82) is 0 Å². The summed E-state index contributed by atoms with van der Waals surface area (Å²) >= 11 is 0. The Kier molecular flexibility index (Phi) is 5.36. The van der Waals surface area contributed by atoms with Crippen molar-refractivity contribution < 1.29 is 0 Å². The summed E-state index contributed by atoms with van der Waals surface area (Å²) in [6.07, 6.45) is 4.91. The van der Waals surface area contributed by atoms with Crippen LogP contribution in [0.4, 0.5) is 0 Å². The van der Waals surface area contributed by atoms with Gasteiger partial charge in [0.2, 0.25) is 0 Å². The Morgan fingerprint density at radius 3 is 2.23 bits per heavy atom. The van der Waals surface area contributed by atoms with Crippen LogP contribution in [0.25, 0.3) is 0 Å². The highest BCUT2D eigenvalue weighted by Crippen LogP contribution is 2.34. The molecule has 1 atom stereocenters. The Bertz CT molecular complexity index is 153. The minimum absolute atomic E-state index is 0.479. The van der Waals surface area contributed by atoms with E-state index >= 15 is 0 Å². The normalized spacial score (nSPS) is 14.2. The second-order valence-electron chi connectivity index (χ2n) is 4.90. The second-order valence-corrected chi connectivity index (χ2v) is 4.90. The van der Waals surface area contributed by atoms with Crippen LogP contribution >= 0.6 is 0 Å². The molecule has 13 heavy (non-hydrogen) atoms. The first-order chi connectivity index (χ1) is 5.94. The van der Waals surface area contributed by atoms with Gasteiger partial charge in [-0.2, -0.15) is 0 Å². The summed E-state index contributed by atoms with van der Waals surface area (Å²) in [7, 11) is 0. The summed E-state index contributed by atoms with van der Waals surface area (Å²) < 4.78 is 0. The number of hydrogen-bond acceptors (Lipinski definition) is 0. The monoisotopic (exact) mass is 182 g/mol. The van der Waals surface area contributed by atoms with Gasteiger partial charge >= 0.3 is 0 Å². The van der Waals surface area contributed by atoms with Crippen LogP contribution in [0.1, 0.15) is 60.3 Å². The van der Waals surface area contributed by atoms with Gasteiger partial charge in [-0.05, 0) is 30.6 Å². The maximum absolute atomic E-state index is 4.06. The summed E-state index contributed by atoms with van der Waals surface area (Å²) in [6, 6.07) is 0. The van der Waals surface area contributed by atoms with Crippen LogP contribution < -0.4 is 0 Å². The van der Waals surface area contributed by atoms with Gasteiger partial charge in [0.15, 0.2) is 0 Å². The fraction of sp³-hybridized carbons (Fsp3) is 0.846. The lowest BCUT2D eigenvalue weighted by atomic mass is 9.74. The lowest BCUT2D eigenvalue weighted by Gasteiger charge is -2.31. The molecule has 0 N–H and O–H groups in total. The Balaban J connectivity index is 3.95. The summed E-state index contributed by atoms with van der Waals surface area (Å²) in [6.45, 7) is 15.6. The maximum atomic E-state index is 4.06. The average molecular weight is 182 g/mol. The smallest absolute Gasteiger partial charge is 0.0318 e. The molecule has 0 heteroatoms. The van der Waals surface area contributed by atoms with Gasteiger partial charge in [0.25, 0.3) is 0 Å². The van der Waals surface area contributed by atoms with Crippen LogP contribution in [-0.2, 0) is 0 Å². The van der Waals surface area contributed by atoms with E-state index in [-0.39, 0.29) is 0 Å². The number of rotatable bonds is 6. The molecule has 0 heterocycles. The van der Waals surface area contributed by atoms with Crippen LogP contribution in [0, 0.1) is 11.3 Å². The fourth-order valence-corrected chi connectivity index (χ4v) is 1.47. The van der Waals surface area contributed by atoms with Crippen molar-refractivity contribution in [3.8, 4) is 0 Å². The molecule has 0 aromatic rings. The van der Waals surface area contributed by atoms with Crippen molar-refractivity contribution in [3.05, 3.63) is 12.2 Å². The third-order valence-corrected chi connectivity index (χ3v) is 3.57. The van der Waals surface area contributed by atoms with Crippen LogP contribution in [0.2, 0.25) is 0 Å². The van der Waals surface area contributed by atoms with E-state index < -0.39 is 0 Å². The van der Waals surface area contributed by atoms with Crippen LogP contribution in [0.15, 0.2) is 12.2 Å². The molecule has 0 radical (unpaired) electrons. The molecule has 0 saturated heterocycles. The average Bonchev–Trinajstić information content (AvgIpc) is 2.12. The molecular formula is C13H26. The van der Waals surface area contributed by atoms with Crippen molar-refractivity contribution in [2.45, 2.75) is 60.3 Å². The molecule has 78 valence electrons. The number of hydrogen-bond donors (Lipinski definition) is 0. The first kappa shape index (κ1) is 12.7. The summed E-state index contributed by atoms with van der Waals surface area (Å²) in [5.74, 6) is 0.817. The van der Waals surface area contributed by atoms with E-state index in [4.69, 9.17) is 0 Å². The van der Waals surface area contributed by atoms with Crippen LogP contribution in [0.3, 0.4) is 0 Å². The third kappa shape index (κ3) is 4.50. The molecule has 0 fully saturated rings. The van der Waals surface area contributed by atoms with Gasteiger partial charge in [-0.15, -0.1) is 0 Å². The largest absolute Gasteiger partial charge is 0.0999 e. The van der Waals surface area contributed by atoms with Gasteiger partial charge in [0.1, 0.15) is 0 Å². The molecule has 0 amide bonds. The van der Waals surface area contributed by atoms with Gasteiger partial charge in [0.05, 0.1) is 0 Å². The van der Waals surface area contributed by atoms with Crippen LogP contribution in [0.5, 0.6) is 0 Å². The van der Waals surface area contributed by atoms with Crippen molar-refractivity contribution in [3.63, 3.8) is 0 Å². The summed E-state index contributed by atoms with van der Waals surface area (Å²) in [5, 5.41) is 0. The number of allylic oxidation sites excluding steroid dienone is 1. The fourth-order valence-electron chi connectivity index (χ4n) is 1.47. The highest BCUT2D eigenvalue weighted by Gasteiger charge is 2.23. The van der Waals surface area contributed by atoms with E-state index in [1.54, 1.807) is 0 Å². The molecule has 0 spiro atoms. The summed E-state index contributed by atoms with van der Waals surface area (Å²) in [5.41, 5.74) is 1.88. The molecule has 0 saturated carbocycles. The molecule has 0 aliphatic rings. The molecule has 0 aliphatic heterocycles. The lowest BCUT2D eigenvalue weighted by Crippen LogP contribution is -2.21. The zero-order valence-electron chi connectivity index (χ0n) is 10.1. The Labute approximate surface area is 84.4 Å². The van der Waals surface area contributed by atoms with Gasteiger partial charge < -0.3 is 0 Å². The van der Waals surface area contributed by atoms with E-state index in [9.17, 15) is 0 Å². The lowest BCUT2D eigenvalue weighted by molar-refractivity contribution is 0.206. The Morgan fingerprint density at radius 1 is 1.31 bits per heavy atom. The van der Waals surface area contributed by atoms with Gasteiger partial charge in [-0.25, -0.2) is 0 Å². The maximum Gasteiger partial charge on any atom is -0.0318 e. The van der Waals surface area contributed by atoms with Crippen LogP contribution in [-0.4, -0.2) is 0 Å². The highest BCUT2D eigenvalue weighted by molar-refractivity contribution is 4.94. The zero-order valence-corrected chi connectivity index (χ0v) is 10.1. The zero-order chi connectivity index (χ0) is 10.5. The van der Waals surface area contributed by atoms with Crippen molar-refractivity contribution in [2.75, 3.05) is 0 Å². The molecule has 1 unspecified atom stereocenters. The van der Waals surface area contributed by atoms with E-state index in [0.29, 0.717) is 5.41 Å². The standard InChI is InChI=1S/C13H26/c1-7-11(3)9-10-13(5,6)12(4)8-2/h12H,3,7-10H2,1-2,4-6H3. The molecule has 0 bridgehead atoms. The Morgan fingerprint density at radius 2 is 1.85 bits per heavy atom. The predicted octanol–water partition coefficient (Wildman–Crippen LogP) is 4.81. The minimum Gasteiger partial charge on any atom is -0.0999 e. The summed E-state index contributed by atoms with van der Waals surface area (Å²) in [4.78, 5) is 0. The molecule has 0 aromatic carbocycles.